The van der Waals surface area contributed by atoms with E-state index in [1.54, 1.807) is 52.8 Å². The van der Waals surface area contributed by atoms with Gasteiger partial charge in [0.2, 0.25) is 17.9 Å². The van der Waals surface area contributed by atoms with Crippen molar-refractivity contribution in [2.24, 2.45) is 22.7 Å². The van der Waals surface area contributed by atoms with Gasteiger partial charge < -0.3 is 44.2 Å². The molecule has 4 saturated heterocycles. The second-order valence-corrected chi connectivity index (χ2v) is 19.2. The molecule has 1 aromatic rings. The zero-order valence-electron chi connectivity index (χ0n) is 35.3. The van der Waals surface area contributed by atoms with Crippen LogP contribution in [0.4, 0.5) is 0 Å². The molecule has 0 radical (unpaired) electrons. The van der Waals surface area contributed by atoms with Crippen LogP contribution in [-0.4, -0.2) is 120 Å². The number of hydrogen-bond donors (Lipinski definition) is 3. The van der Waals surface area contributed by atoms with E-state index in [0.29, 0.717) is 5.56 Å². The zero-order chi connectivity index (χ0) is 43.5. The average molecular weight is 852 g/mol. The van der Waals surface area contributed by atoms with Crippen LogP contribution in [0.2, 0.25) is 0 Å². The number of hydroxylamine groups is 2. The molecule has 8 atom stereocenters. The Bertz CT molecular complexity index is 1920. The number of nitrogens with one attached hydrogen (secondary N) is 2. The highest BCUT2D eigenvalue weighted by Gasteiger charge is 2.78. The Hall–Kier alpha value is -4.42. The predicted octanol–water partition coefficient (Wildman–Crippen LogP) is 2.40. The van der Waals surface area contributed by atoms with E-state index in [4.69, 9.17) is 33.3 Å². The van der Waals surface area contributed by atoms with E-state index < -0.39 is 101 Å². The minimum atomic E-state index is -1.44. The summed E-state index contributed by atoms with van der Waals surface area (Å²) in [6, 6.07) is 5.35. The summed E-state index contributed by atoms with van der Waals surface area (Å²) in [6.45, 7) is 8.66. The molecule has 3 N–H and O–H groups in total. The van der Waals surface area contributed by atoms with Gasteiger partial charge >= 0.3 is 23.9 Å². The molecule has 2 bridgehead atoms. The standard InChI is InChI=1S/C44H57N3O14/c1-41(2,3)58-32(51)17-15-28(22-48)46-30(49)18-19-45-40(54)43-20-29-33-34(60-44(59-33,26-11-12-26)27-13-14-27)36(43)61-47(35(43)38(52)56-29)21-25-8-6-24(7-9-25)10-16-31(50)57-37-39(53)55-23-42(37,4)5/h6-10,16,26-29,33-37,48H,11-15,17-23H2,1-5H3,(H,45,54)(H,46,49)/t28-,29+,33-,34-,35-,36+,37-,43-/m0/s1. The van der Waals surface area contributed by atoms with Crippen molar-refractivity contribution in [3.63, 3.8) is 0 Å². The number of aliphatic hydroxyl groups is 1. The lowest BCUT2D eigenvalue weighted by Gasteiger charge is -2.48. The number of hydrogen-bond acceptors (Lipinski definition) is 15. The number of rotatable bonds is 16. The maximum atomic E-state index is 14.6. The highest BCUT2D eigenvalue weighted by molar-refractivity contribution is 5.94. The van der Waals surface area contributed by atoms with E-state index in [2.05, 4.69) is 10.6 Å². The van der Waals surface area contributed by atoms with E-state index in [-0.39, 0.29) is 63.8 Å². The van der Waals surface area contributed by atoms with Crippen molar-refractivity contribution in [1.29, 1.82) is 0 Å². The van der Waals surface area contributed by atoms with Crippen LogP contribution in [0.1, 0.15) is 97.1 Å². The molecule has 1 aromatic carbocycles. The van der Waals surface area contributed by atoms with Gasteiger partial charge in [-0.25, -0.2) is 9.59 Å². The molecule has 3 saturated carbocycles. The quantitative estimate of drug-likeness (QED) is 0.124. The summed E-state index contributed by atoms with van der Waals surface area (Å²) in [5.41, 5.74) is -1.31. The smallest absolute Gasteiger partial charge is 0.348 e. The Balaban J connectivity index is 0.956. The number of esters is 4. The molecular formula is C44H57N3O14. The van der Waals surface area contributed by atoms with Crippen LogP contribution in [0, 0.1) is 22.7 Å². The van der Waals surface area contributed by atoms with Gasteiger partial charge in [0.25, 0.3) is 0 Å². The van der Waals surface area contributed by atoms with Gasteiger partial charge in [-0.3, -0.25) is 24.0 Å². The topological polar surface area (TPSA) is 215 Å². The molecule has 0 spiro atoms. The molecule has 2 amide bonds. The Labute approximate surface area is 354 Å². The Morgan fingerprint density at radius 3 is 2.30 bits per heavy atom. The second-order valence-electron chi connectivity index (χ2n) is 19.2. The van der Waals surface area contributed by atoms with Crippen molar-refractivity contribution < 1.29 is 67.1 Å². The van der Waals surface area contributed by atoms with E-state index in [0.717, 1.165) is 31.2 Å². The zero-order valence-corrected chi connectivity index (χ0v) is 35.3. The number of fused-ring (bicyclic) bond motifs is 4. The molecule has 4 aliphatic heterocycles. The normalized spacial score (nSPS) is 31.5. The summed E-state index contributed by atoms with van der Waals surface area (Å²) < 4.78 is 35.6. The van der Waals surface area contributed by atoms with Gasteiger partial charge in [-0.2, -0.15) is 5.06 Å². The van der Waals surface area contributed by atoms with Gasteiger partial charge in [0.15, 0.2) is 11.8 Å². The lowest BCUT2D eigenvalue weighted by atomic mass is 9.62. The predicted molar refractivity (Wildman–Crippen MR) is 211 cm³/mol. The second kappa shape index (κ2) is 16.4. The van der Waals surface area contributed by atoms with Crippen molar-refractivity contribution in [1.82, 2.24) is 15.7 Å². The van der Waals surface area contributed by atoms with Crippen molar-refractivity contribution >= 4 is 41.8 Å². The Morgan fingerprint density at radius 2 is 1.67 bits per heavy atom. The highest BCUT2D eigenvalue weighted by Crippen LogP contribution is 2.63. The van der Waals surface area contributed by atoms with Crippen LogP contribution in [-0.2, 0) is 68.6 Å². The molecule has 0 aromatic heterocycles. The summed E-state index contributed by atoms with van der Waals surface area (Å²) in [5, 5.41) is 17.0. The first-order chi connectivity index (χ1) is 28.9. The van der Waals surface area contributed by atoms with Crippen molar-refractivity contribution in [2.45, 2.75) is 147 Å². The Morgan fingerprint density at radius 1 is 0.984 bits per heavy atom. The molecule has 61 heavy (non-hydrogen) atoms. The van der Waals surface area contributed by atoms with Crippen molar-refractivity contribution in [3.8, 4) is 0 Å². The number of nitrogens with zero attached hydrogens (tertiary/aromatic N) is 1. The minimum absolute atomic E-state index is 0.00651. The third kappa shape index (κ3) is 8.68. The number of carbonyl (C=O) groups excluding carboxylic acids is 6. The lowest BCUT2D eigenvalue weighted by Crippen LogP contribution is -2.69. The van der Waals surface area contributed by atoms with Gasteiger partial charge in [0.05, 0.1) is 19.2 Å². The van der Waals surface area contributed by atoms with Crippen LogP contribution >= 0.6 is 0 Å². The highest BCUT2D eigenvalue weighted by atomic mass is 16.8. The maximum absolute atomic E-state index is 14.6. The number of aliphatic hydroxyl groups excluding tert-OH is 1. The summed E-state index contributed by atoms with van der Waals surface area (Å²) in [4.78, 5) is 85.3. The third-order valence-corrected chi connectivity index (χ3v) is 12.7. The van der Waals surface area contributed by atoms with Crippen molar-refractivity contribution in [2.75, 3.05) is 19.8 Å². The first kappa shape index (κ1) is 43.2. The minimum Gasteiger partial charge on any atom is -0.462 e. The first-order valence-electron chi connectivity index (χ1n) is 21.5. The molecule has 8 rings (SSSR count). The SMILES string of the molecule is CC(C)(C)OC(=O)CC[C@@H](CO)NC(=O)CCNC(=O)[C@@]12C[C@H]3OC(=O)[C@@H]1N(Cc1ccc(C=CC(=O)O[C@H]4C(=O)OCC4(C)C)cc1)O[C@@H]2[C@H]1OC(C2CC2)(C2CC2)O[C@H]13. The van der Waals surface area contributed by atoms with Crippen molar-refractivity contribution in [3.05, 3.63) is 41.5 Å². The monoisotopic (exact) mass is 851 g/mol. The number of amides is 2. The van der Waals surface area contributed by atoms with E-state index in [1.807, 2.05) is 12.1 Å². The molecule has 17 nitrogen and oxygen atoms in total. The summed E-state index contributed by atoms with van der Waals surface area (Å²) in [7, 11) is 0. The average Bonchev–Trinajstić information content (AvgIpc) is 4.14. The number of carbonyl (C=O) groups is 6. The third-order valence-electron chi connectivity index (χ3n) is 12.7. The molecule has 17 heteroatoms. The van der Waals surface area contributed by atoms with Gasteiger partial charge in [-0.15, -0.1) is 0 Å². The maximum Gasteiger partial charge on any atom is 0.348 e. The van der Waals surface area contributed by atoms with Gasteiger partial charge in [-0.1, -0.05) is 38.1 Å². The lowest BCUT2D eigenvalue weighted by molar-refractivity contribution is -0.235. The van der Waals surface area contributed by atoms with Gasteiger partial charge in [0.1, 0.15) is 42.0 Å². The van der Waals surface area contributed by atoms with E-state index in [1.165, 1.54) is 11.1 Å². The first-order valence-corrected chi connectivity index (χ1v) is 21.5. The van der Waals surface area contributed by atoms with Crippen LogP contribution < -0.4 is 10.6 Å². The fourth-order valence-electron chi connectivity index (χ4n) is 9.48. The molecular weight excluding hydrogens is 794 g/mol. The summed E-state index contributed by atoms with van der Waals surface area (Å²) in [5.74, 6) is -3.61. The summed E-state index contributed by atoms with van der Waals surface area (Å²) >= 11 is 0. The fraction of sp³-hybridized carbons (Fsp3) is 0.682. The largest absolute Gasteiger partial charge is 0.462 e. The number of ether oxygens (including phenoxy) is 6. The van der Waals surface area contributed by atoms with E-state index >= 15 is 0 Å². The van der Waals surface area contributed by atoms with Crippen LogP contribution in [0.15, 0.2) is 30.3 Å². The molecule has 332 valence electrons. The summed E-state index contributed by atoms with van der Waals surface area (Å²) in [6.07, 6.45) is 2.88. The fourth-order valence-corrected chi connectivity index (χ4v) is 9.48. The molecule has 7 aliphatic rings. The molecule has 3 aliphatic carbocycles. The Kier molecular flexibility index (Phi) is 11.6. The molecule has 0 unspecified atom stereocenters. The van der Waals surface area contributed by atoms with Crippen LogP contribution in [0.25, 0.3) is 6.08 Å². The van der Waals surface area contributed by atoms with Gasteiger partial charge in [0, 0.05) is 49.1 Å². The molecule has 7 fully saturated rings. The number of benzene rings is 1. The molecule has 4 heterocycles. The van der Waals surface area contributed by atoms with Crippen LogP contribution in [0.5, 0.6) is 0 Å². The van der Waals surface area contributed by atoms with E-state index in [9.17, 15) is 33.9 Å². The van der Waals surface area contributed by atoms with Gasteiger partial charge in [-0.05, 0) is 70.1 Å². The number of cyclic esters (lactones) is 1. The van der Waals surface area contributed by atoms with Crippen LogP contribution in [0.3, 0.4) is 0 Å².